The predicted octanol–water partition coefficient (Wildman–Crippen LogP) is 3.20. The fraction of sp³-hybridized carbons (Fsp3) is 0.409. The van der Waals surface area contributed by atoms with Gasteiger partial charge in [0.1, 0.15) is 0 Å². The van der Waals surface area contributed by atoms with E-state index in [0.29, 0.717) is 24.3 Å². The van der Waals surface area contributed by atoms with Gasteiger partial charge in [0.2, 0.25) is 15.9 Å². The van der Waals surface area contributed by atoms with Crippen LogP contribution in [0.15, 0.2) is 59.5 Å². The predicted molar refractivity (Wildman–Crippen MR) is 110 cm³/mol. The molecule has 1 fully saturated rings. The second-order valence-electron chi connectivity index (χ2n) is 7.36. The topological polar surface area (TPSA) is 75.3 Å². The lowest BCUT2D eigenvalue weighted by Crippen LogP contribution is -2.36. The molecule has 0 aromatic heterocycles. The first-order chi connectivity index (χ1) is 13.5. The van der Waals surface area contributed by atoms with E-state index in [1.165, 1.54) is 6.42 Å². The van der Waals surface area contributed by atoms with Crippen LogP contribution in [-0.2, 0) is 27.7 Å². The Hall–Kier alpha value is -2.18. The number of sulfonamides is 1. The lowest BCUT2D eigenvalue weighted by atomic mass is 9.96. The van der Waals surface area contributed by atoms with Crippen molar-refractivity contribution in [1.29, 1.82) is 0 Å². The molecule has 6 heteroatoms. The summed E-state index contributed by atoms with van der Waals surface area (Å²) in [5, 5.41) is 2.91. The molecule has 0 heterocycles. The molecule has 0 radical (unpaired) electrons. The molecule has 2 N–H and O–H groups in total. The van der Waals surface area contributed by atoms with E-state index in [1.807, 2.05) is 42.5 Å². The molecule has 1 aliphatic rings. The van der Waals surface area contributed by atoms with Crippen LogP contribution in [-0.4, -0.2) is 26.9 Å². The normalized spacial score (nSPS) is 15.3. The lowest BCUT2D eigenvalue weighted by Gasteiger charge is -2.22. The second-order valence-corrected chi connectivity index (χ2v) is 9.08. The zero-order chi connectivity index (χ0) is 19.8. The summed E-state index contributed by atoms with van der Waals surface area (Å²) in [6, 6.07) is 16.6. The van der Waals surface area contributed by atoms with Gasteiger partial charge in [-0.1, -0.05) is 61.7 Å². The summed E-state index contributed by atoms with van der Waals surface area (Å²) in [6.07, 6.45) is 6.22. The highest BCUT2D eigenvalue weighted by molar-refractivity contribution is 7.89. The third-order valence-electron chi connectivity index (χ3n) is 5.10. The maximum Gasteiger partial charge on any atom is 0.240 e. The number of amides is 1. The van der Waals surface area contributed by atoms with E-state index in [9.17, 15) is 13.2 Å². The van der Waals surface area contributed by atoms with Gasteiger partial charge in [0.05, 0.1) is 11.3 Å². The molecule has 1 saturated carbocycles. The van der Waals surface area contributed by atoms with Crippen LogP contribution in [0.5, 0.6) is 0 Å². The number of nitrogens with one attached hydrogen (secondary N) is 2. The van der Waals surface area contributed by atoms with Crippen LogP contribution < -0.4 is 10.0 Å². The van der Waals surface area contributed by atoms with Crippen LogP contribution in [0.25, 0.3) is 0 Å². The van der Waals surface area contributed by atoms with Gasteiger partial charge in [-0.15, -0.1) is 0 Å². The monoisotopic (exact) mass is 400 g/mol. The Kier molecular flexibility index (Phi) is 7.23. The Morgan fingerprint density at radius 3 is 2.25 bits per heavy atom. The molecule has 2 aromatic rings. The zero-order valence-corrected chi connectivity index (χ0v) is 16.9. The van der Waals surface area contributed by atoms with Gasteiger partial charge in [0.15, 0.2) is 0 Å². The SMILES string of the molecule is O=C(Cc1ccccc1)NCCc1ccc(S(=O)(=O)NC2CCCCC2)cc1. The Morgan fingerprint density at radius 1 is 0.893 bits per heavy atom. The minimum atomic E-state index is -3.46. The van der Waals surface area contributed by atoms with Crippen molar-refractivity contribution in [2.45, 2.75) is 55.9 Å². The highest BCUT2D eigenvalue weighted by Crippen LogP contribution is 2.20. The number of benzene rings is 2. The van der Waals surface area contributed by atoms with Gasteiger partial charge < -0.3 is 5.32 Å². The van der Waals surface area contributed by atoms with Gasteiger partial charge in [-0.05, 0) is 42.5 Å². The molecule has 1 aliphatic carbocycles. The van der Waals surface area contributed by atoms with Crippen LogP contribution >= 0.6 is 0 Å². The molecule has 3 rings (SSSR count). The van der Waals surface area contributed by atoms with Gasteiger partial charge in [0, 0.05) is 12.6 Å². The molecule has 0 aliphatic heterocycles. The van der Waals surface area contributed by atoms with Crippen LogP contribution in [0.4, 0.5) is 0 Å². The van der Waals surface area contributed by atoms with Crippen molar-refractivity contribution < 1.29 is 13.2 Å². The Morgan fingerprint density at radius 2 is 1.57 bits per heavy atom. The summed E-state index contributed by atoms with van der Waals surface area (Å²) in [5.74, 6) is -0.0120. The number of carbonyl (C=O) groups is 1. The summed E-state index contributed by atoms with van der Waals surface area (Å²) in [6.45, 7) is 0.526. The van der Waals surface area contributed by atoms with Gasteiger partial charge in [-0.25, -0.2) is 13.1 Å². The van der Waals surface area contributed by atoms with Crippen molar-refractivity contribution in [3.8, 4) is 0 Å². The number of carbonyl (C=O) groups excluding carboxylic acids is 1. The molecular formula is C22H28N2O3S. The molecule has 0 bridgehead atoms. The molecule has 0 unspecified atom stereocenters. The molecule has 1 amide bonds. The van der Waals surface area contributed by atoms with Crippen molar-refractivity contribution in [2.24, 2.45) is 0 Å². The summed E-state index contributed by atoms with van der Waals surface area (Å²) in [7, 11) is -3.46. The first-order valence-corrected chi connectivity index (χ1v) is 11.4. The van der Waals surface area contributed by atoms with Crippen molar-refractivity contribution in [3.63, 3.8) is 0 Å². The van der Waals surface area contributed by atoms with E-state index in [0.717, 1.165) is 36.8 Å². The zero-order valence-electron chi connectivity index (χ0n) is 16.1. The minimum absolute atomic E-state index is 0.0120. The lowest BCUT2D eigenvalue weighted by molar-refractivity contribution is -0.120. The number of hydrogen-bond donors (Lipinski definition) is 2. The quantitative estimate of drug-likeness (QED) is 0.714. The van der Waals surface area contributed by atoms with E-state index in [2.05, 4.69) is 10.0 Å². The van der Waals surface area contributed by atoms with Gasteiger partial charge in [0.25, 0.3) is 0 Å². The van der Waals surface area contributed by atoms with E-state index in [-0.39, 0.29) is 11.9 Å². The van der Waals surface area contributed by atoms with Gasteiger partial charge >= 0.3 is 0 Å². The summed E-state index contributed by atoms with van der Waals surface area (Å²) >= 11 is 0. The third-order valence-corrected chi connectivity index (χ3v) is 6.64. The standard InChI is InChI=1S/C22H28N2O3S/c25-22(17-19-7-3-1-4-8-19)23-16-15-18-11-13-21(14-12-18)28(26,27)24-20-9-5-2-6-10-20/h1,3-4,7-8,11-14,20,24H,2,5-6,9-10,15-17H2,(H,23,25). The van der Waals surface area contributed by atoms with E-state index < -0.39 is 10.0 Å². The van der Waals surface area contributed by atoms with Gasteiger partial charge in [-0.2, -0.15) is 0 Å². The van der Waals surface area contributed by atoms with Crippen LogP contribution in [0.3, 0.4) is 0 Å². The highest BCUT2D eigenvalue weighted by Gasteiger charge is 2.21. The van der Waals surface area contributed by atoms with Crippen molar-refractivity contribution in [1.82, 2.24) is 10.0 Å². The number of hydrogen-bond acceptors (Lipinski definition) is 3. The van der Waals surface area contributed by atoms with Crippen LogP contribution in [0.1, 0.15) is 43.2 Å². The van der Waals surface area contributed by atoms with Crippen molar-refractivity contribution >= 4 is 15.9 Å². The molecular weight excluding hydrogens is 372 g/mol. The van der Waals surface area contributed by atoms with Crippen LogP contribution in [0.2, 0.25) is 0 Å². The van der Waals surface area contributed by atoms with Crippen LogP contribution in [0, 0.1) is 0 Å². The fourth-order valence-corrected chi connectivity index (χ4v) is 4.84. The molecule has 5 nitrogen and oxygen atoms in total. The van der Waals surface area contributed by atoms with Gasteiger partial charge in [-0.3, -0.25) is 4.79 Å². The van der Waals surface area contributed by atoms with Crippen molar-refractivity contribution in [3.05, 3.63) is 65.7 Å². The molecule has 28 heavy (non-hydrogen) atoms. The average molecular weight is 401 g/mol. The fourth-order valence-electron chi connectivity index (χ4n) is 3.53. The molecule has 150 valence electrons. The second kappa shape index (κ2) is 9.85. The maximum atomic E-state index is 12.5. The molecule has 2 aromatic carbocycles. The maximum absolute atomic E-state index is 12.5. The largest absolute Gasteiger partial charge is 0.355 e. The first-order valence-electron chi connectivity index (χ1n) is 9.95. The third kappa shape index (κ3) is 6.17. The van der Waals surface area contributed by atoms with E-state index >= 15 is 0 Å². The van der Waals surface area contributed by atoms with E-state index in [1.54, 1.807) is 12.1 Å². The smallest absolute Gasteiger partial charge is 0.240 e. The Balaban J connectivity index is 1.46. The number of rotatable bonds is 8. The minimum Gasteiger partial charge on any atom is -0.355 e. The van der Waals surface area contributed by atoms with E-state index in [4.69, 9.17) is 0 Å². The summed E-state index contributed by atoms with van der Waals surface area (Å²) in [4.78, 5) is 12.3. The first kappa shape index (κ1) is 20.6. The summed E-state index contributed by atoms with van der Waals surface area (Å²) in [5.41, 5.74) is 1.98. The average Bonchev–Trinajstić information content (AvgIpc) is 2.69. The summed E-state index contributed by atoms with van der Waals surface area (Å²) < 4.78 is 27.9. The highest BCUT2D eigenvalue weighted by atomic mass is 32.2. The Labute approximate surface area is 167 Å². The van der Waals surface area contributed by atoms with Crippen molar-refractivity contribution in [2.75, 3.05) is 6.54 Å². The molecule has 0 spiro atoms. The molecule has 0 atom stereocenters. The Bertz CT molecular complexity index is 858. The molecule has 0 saturated heterocycles.